The number of hydrogen-bond donors (Lipinski definition) is 0. The molecule has 0 saturated carbocycles. The fourth-order valence-corrected chi connectivity index (χ4v) is 1.44. The van der Waals surface area contributed by atoms with Gasteiger partial charge in [-0.1, -0.05) is 0 Å². The Hall–Kier alpha value is -0.734. The fraction of sp³-hybridized carbons (Fsp3) is 0.600. The molecule has 23 heavy (non-hydrogen) atoms. The van der Waals surface area contributed by atoms with Gasteiger partial charge in [-0.25, -0.2) is 0 Å². The van der Waals surface area contributed by atoms with Crippen LogP contribution < -0.4 is 50.0 Å². The Morgan fingerprint density at radius 1 is 0.609 bits per heavy atom. The molecular formula is C10H14CoN2NaO9-. The number of carboxylic acids is 4. The Labute approximate surface area is 164 Å². The molecule has 0 fully saturated rings. The Morgan fingerprint density at radius 3 is 0.913 bits per heavy atom. The van der Waals surface area contributed by atoms with Crippen molar-refractivity contribution in [1.82, 2.24) is 9.80 Å². The zero-order valence-electron chi connectivity index (χ0n) is 12.2. The van der Waals surface area contributed by atoms with Gasteiger partial charge in [0.2, 0.25) is 0 Å². The van der Waals surface area contributed by atoms with Crippen LogP contribution in [0, 0.1) is 0 Å². The third-order valence-corrected chi connectivity index (χ3v) is 2.14. The van der Waals surface area contributed by atoms with Gasteiger partial charge in [0.15, 0.2) is 0 Å². The number of carboxylic acid groups (broad SMARTS) is 4. The summed E-state index contributed by atoms with van der Waals surface area (Å²) in [6, 6.07) is 0. The van der Waals surface area contributed by atoms with Gasteiger partial charge in [-0.3, -0.25) is 9.80 Å². The van der Waals surface area contributed by atoms with Crippen molar-refractivity contribution < 1.29 is 91.4 Å². The van der Waals surface area contributed by atoms with E-state index in [9.17, 15) is 39.6 Å². The molecule has 11 nitrogen and oxygen atoms in total. The maximum absolute atomic E-state index is 10.4. The van der Waals surface area contributed by atoms with Crippen LogP contribution in [0.15, 0.2) is 0 Å². The fourth-order valence-electron chi connectivity index (χ4n) is 1.44. The van der Waals surface area contributed by atoms with Crippen molar-refractivity contribution >= 4 is 23.9 Å². The van der Waals surface area contributed by atoms with Gasteiger partial charge in [-0.15, -0.1) is 0 Å². The van der Waals surface area contributed by atoms with Crippen molar-refractivity contribution in [3.8, 4) is 0 Å². The predicted octanol–water partition coefficient (Wildman–Crippen LogP) is -11.2. The average molecular weight is 388 g/mol. The molecule has 1 radical (unpaired) electrons. The molecule has 0 aliphatic carbocycles. The van der Waals surface area contributed by atoms with E-state index >= 15 is 0 Å². The Balaban J connectivity index is -0.000000602. The zero-order chi connectivity index (χ0) is 15.7. The van der Waals surface area contributed by atoms with Crippen LogP contribution in [0.1, 0.15) is 0 Å². The summed E-state index contributed by atoms with van der Waals surface area (Å²) in [4.78, 5) is 43.4. The molecule has 13 heteroatoms. The summed E-state index contributed by atoms with van der Waals surface area (Å²) in [7, 11) is 0. The first-order valence-electron chi connectivity index (χ1n) is 5.44. The van der Waals surface area contributed by atoms with E-state index in [0.717, 1.165) is 9.80 Å². The van der Waals surface area contributed by atoms with Crippen LogP contribution in [-0.2, 0) is 36.0 Å². The van der Waals surface area contributed by atoms with Crippen LogP contribution >= 0.6 is 0 Å². The summed E-state index contributed by atoms with van der Waals surface area (Å²) in [6.45, 7) is -3.25. The summed E-state index contributed by atoms with van der Waals surface area (Å²) in [5, 5.41) is 41.6. The SMILES string of the molecule is O.O=C([O-])CN(CCN(CC(=O)[O-])CC(=O)[O-])CC(=O)[O-].[Co+2].[Na+]. The number of carbonyl (C=O) groups is 4. The summed E-state index contributed by atoms with van der Waals surface area (Å²) in [5.41, 5.74) is 0. The first-order chi connectivity index (χ1) is 9.20. The largest absolute Gasteiger partial charge is 2.00 e. The van der Waals surface area contributed by atoms with E-state index in [1.807, 2.05) is 0 Å². The molecule has 0 spiro atoms. The molecule has 0 unspecified atom stereocenters. The molecule has 0 saturated heterocycles. The van der Waals surface area contributed by atoms with Gasteiger partial charge in [0, 0.05) is 39.3 Å². The van der Waals surface area contributed by atoms with E-state index in [0.29, 0.717) is 0 Å². The van der Waals surface area contributed by atoms with E-state index in [-0.39, 0.29) is 64.9 Å². The molecule has 0 atom stereocenters. The quantitative estimate of drug-likeness (QED) is 0.306. The minimum absolute atomic E-state index is 0. The van der Waals surface area contributed by atoms with Crippen LogP contribution in [0.25, 0.3) is 0 Å². The van der Waals surface area contributed by atoms with Crippen molar-refractivity contribution in [3.63, 3.8) is 0 Å². The van der Waals surface area contributed by atoms with Gasteiger partial charge in [0.25, 0.3) is 0 Å². The number of nitrogens with zero attached hydrogens (tertiary/aromatic N) is 2. The summed E-state index contributed by atoms with van der Waals surface area (Å²) >= 11 is 0. The average Bonchev–Trinajstić information content (AvgIpc) is 2.22. The van der Waals surface area contributed by atoms with Gasteiger partial charge < -0.3 is 45.1 Å². The molecule has 0 aliphatic rings. The maximum Gasteiger partial charge on any atom is 2.00 e. The molecule has 0 aromatic carbocycles. The van der Waals surface area contributed by atoms with Gasteiger partial charge in [-0.05, 0) is 0 Å². The minimum atomic E-state index is -1.53. The monoisotopic (exact) mass is 388 g/mol. The van der Waals surface area contributed by atoms with Gasteiger partial charge in [-0.2, -0.15) is 0 Å². The van der Waals surface area contributed by atoms with Crippen molar-refractivity contribution in [2.24, 2.45) is 0 Å². The molecule has 0 heterocycles. The summed E-state index contributed by atoms with van der Waals surface area (Å²) < 4.78 is 0. The van der Waals surface area contributed by atoms with Crippen LogP contribution in [0.2, 0.25) is 0 Å². The molecule has 0 rings (SSSR count). The van der Waals surface area contributed by atoms with Gasteiger partial charge in [0.1, 0.15) is 0 Å². The number of hydrogen-bond acceptors (Lipinski definition) is 10. The second kappa shape index (κ2) is 16.1. The Kier molecular flexibility index (Phi) is 21.2. The first kappa shape index (κ1) is 30.2. The van der Waals surface area contributed by atoms with E-state index in [1.54, 1.807) is 0 Å². The van der Waals surface area contributed by atoms with Crippen molar-refractivity contribution in [3.05, 3.63) is 0 Å². The molecule has 0 aromatic rings. The topological polar surface area (TPSA) is 198 Å². The molecule has 129 valence electrons. The molecule has 0 amide bonds. The minimum Gasteiger partial charge on any atom is -0.549 e. The molecule has 0 bridgehead atoms. The Bertz CT molecular complexity index is 329. The van der Waals surface area contributed by atoms with E-state index in [4.69, 9.17) is 0 Å². The van der Waals surface area contributed by atoms with Crippen molar-refractivity contribution in [2.45, 2.75) is 0 Å². The molecular weight excluding hydrogens is 374 g/mol. The Morgan fingerprint density at radius 2 is 0.783 bits per heavy atom. The van der Waals surface area contributed by atoms with E-state index in [1.165, 1.54) is 0 Å². The van der Waals surface area contributed by atoms with E-state index < -0.39 is 50.1 Å². The van der Waals surface area contributed by atoms with Gasteiger partial charge in [0.05, 0.1) is 23.9 Å². The normalized spacial score (nSPS) is 9.30. The molecule has 2 N–H and O–H groups in total. The number of rotatable bonds is 11. The third-order valence-electron chi connectivity index (χ3n) is 2.14. The van der Waals surface area contributed by atoms with Gasteiger partial charge >= 0.3 is 46.3 Å². The number of carbonyl (C=O) groups excluding carboxylic acids is 4. The smallest absolute Gasteiger partial charge is 0.549 e. The zero-order valence-corrected chi connectivity index (χ0v) is 15.3. The van der Waals surface area contributed by atoms with Crippen molar-refractivity contribution in [1.29, 1.82) is 0 Å². The van der Waals surface area contributed by atoms with Crippen LogP contribution in [0.5, 0.6) is 0 Å². The second-order valence-electron chi connectivity index (χ2n) is 3.91. The summed E-state index contributed by atoms with van der Waals surface area (Å²) in [5.74, 6) is -6.12. The summed E-state index contributed by atoms with van der Waals surface area (Å²) in [6.07, 6.45) is 0. The van der Waals surface area contributed by atoms with Crippen LogP contribution in [-0.4, -0.2) is 78.4 Å². The second-order valence-corrected chi connectivity index (χ2v) is 3.91. The third kappa shape index (κ3) is 19.2. The standard InChI is InChI=1S/C10H16N2O8.Co.Na.H2O/c13-7(14)3-11(4-8(15)16)1-2-12(5-9(17)18)6-10(19)20;;;/h1-6H2,(H,13,14)(H,15,16)(H,17,18)(H,19,20);;;1H2/q;+2;+1;/p-4. The predicted molar refractivity (Wildman–Crippen MR) is 56.5 cm³/mol. The van der Waals surface area contributed by atoms with Crippen LogP contribution in [0.4, 0.5) is 0 Å². The first-order valence-corrected chi connectivity index (χ1v) is 5.44. The molecule has 0 aliphatic heterocycles. The van der Waals surface area contributed by atoms with E-state index in [2.05, 4.69) is 0 Å². The van der Waals surface area contributed by atoms with Crippen molar-refractivity contribution in [2.75, 3.05) is 39.3 Å². The molecule has 0 aromatic heterocycles. The number of aliphatic carboxylic acids is 4. The van der Waals surface area contributed by atoms with Crippen LogP contribution in [0.3, 0.4) is 0 Å². The maximum atomic E-state index is 10.4.